The summed E-state index contributed by atoms with van der Waals surface area (Å²) in [5.74, 6) is -0.472. The molecule has 0 radical (unpaired) electrons. The molecule has 1 aromatic carbocycles. The Morgan fingerprint density at radius 3 is 2.75 bits per heavy atom. The molecule has 2 aromatic heterocycles. The summed E-state index contributed by atoms with van der Waals surface area (Å²) in [5.41, 5.74) is 1.53. The van der Waals surface area contributed by atoms with Crippen LogP contribution in [-0.2, 0) is 4.74 Å². The molecule has 0 bridgehead atoms. The van der Waals surface area contributed by atoms with Crippen LogP contribution in [0, 0.1) is 11.6 Å². The third-order valence-electron chi connectivity index (χ3n) is 6.56. The molecule has 10 nitrogen and oxygen atoms in total. The van der Waals surface area contributed by atoms with Gasteiger partial charge in [0.05, 0.1) is 25.4 Å². The normalized spacial score (nSPS) is 27.6. The SMILES string of the molecule is CCCSc1nc(N[C@@H]2C[C@@H]2c2ccc(F)c(F)c2)c2nnn([C@@H]3C[C@H](OCCO)[C@H](O)[C@@H]3O)c2n1. The van der Waals surface area contributed by atoms with E-state index in [9.17, 15) is 19.0 Å². The summed E-state index contributed by atoms with van der Waals surface area (Å²) in [4.78, 5) is 9.27. The fourth-order valence-electron chi connectivity index (χ4n) is 4.61. The van der Waals surface area contributed by atoms with Crippen molar-refractivity contribution in [3.63, 3.8) is 0 Å². The minimum atomic E-state index is -1.15. The zero-order valence-electron chi connectivity index (χ0n) is 19.6. The molecule has 0 amide bonds. The number of aliphatic hydroxyl groups is 3. The number of rotatable bonds is 10. The number of aliphatic hydroxyl groups excluding tert-OH is 3. The number of ether oxygens (including phenoxy) is 1. The maximum absolute atomic E-state index is 13.7. The second-order valence-electron chi connectivity index (χ2n) is 9.09. The molecule has 0 saturated heterocycles. The van der Waals surface area contributed by atoms with Crippen molar-refractivity contribution in [1.29, 1.82) is 0 Å². The summed E-state index contributed by atoms with van der Waals surface area (Å²) >= 11 is 1.48. The number of halogens is 2. The molecule has 0 spiro atoms. The van der Waals surface area contributed by atoms with Crippen LogP contribution < -0.4 is 5.32 Å². The number of nitrogens with zero attached hydrogens (tertiary/aromatic N) is 5. The summed E-state index contributed by atoms with van der Waals surface area (Å²) in [5, 5.41) is 42.5. The van der Waals surface area contributed by atoms with Crippen molar-refractivity contribution in [2.45, 2.75) is 67.7 Å². The van der Waals surface area contributed by atoms with Crippen LogP contribution in [0.2, 0.25) is 0 Å². The lowest BCUT2D eigenvalue weighted by Crippen LogP contribution is -2.33. The van der Waals surface area contributed by atoms with Gasteiger partial charge in [0.2, 0.25) is 0 Å². The van der Waals surface area contributed by atoms with Gasteiger partial charge in [0.15, 0.2) is 33.8 Å². The second kappa shape index (κ2) is 10.5. The van der Waals surface area contributed by atoms with Crippen molar-refractivity contribution in [1.82, 2.24) is 25.0 Å². The van der Waals surface area contributed by atoms with Gasteiger partial charge in [-0.1, -0.05) is 30.0 Å². The van der Waals surface area contributed by atoms with E-state index in [1.54, 1.807) is 6.07 Å². The molecule has 2 fully saturated rings. The molecule has 3 aromatic rings. The number of aromatic nitrogens is 5. The highest BCUT2D eigenvalue weighted by Crippen LogP contribution is 2.44. The van der Waals surface area contributed by atoms with Crippen LogP contribution in [0.4, 0.5) is 14.6 Å². The van der Waals surface area contributed by atoms with Crippen LogP contribution >= 0.6 is 11.8 Å². The first-order chi connectivity index (χ1) is 17.4. The second-order valence-corrected chi connectivity index (χ2v) is 10.2. The lowest BCUT2D eigenvalue weighted by molar-refractivity contribution is -0.0629. The molecule has 13 heteroatoms. The Bertz CT molecular complexity index is 1230. The average Bonchev–Trinajstić information content (AvgIpc) is 3.41. The topological polar surface area (TPSA) is 138 Å². The van der Waals surface area contributed by atoms with Gasteiger partial charge in [0.25, 0.3) is 0 Å². The quantitative estimate of drug-likeness (QED) is 0.231. The first-order valence-corrected chi connectivity index (χ1v) is 13.0. The van der Waals surface area contributed by atoms with Gasteiger partial charge in [0.1, 0.15) is 12.2 Å². The van der Waals surface area contributed by atoms with Gasteiger partial charge in [-0.15, -0.1) is 5.10 Å². The molecule has 2 aliphatic rings. The van der Waals surface area contributed by atoms with E-state index >= 15 is 0 Å². The Hall–Kier alpha value is -2.45. The molecule has 5 rings (SSSR count). The number of hydrogen-bond acceptors (Lipinski definition) is 10. The highest BCUT2D eigenvalue weighted by atomic mass is 32.2. The molecule has 0 aliphatic heterocycles. The molecule has 6 atom stereocenters. The lowest BCUT2D eigenvalue weighted by Gasteiger charge is -2.17. The maximum atomic E-state index is 13.7. The number of nitrogens with one attached hydrogen (secondary N) is 1. The summed E-state index contributed by atoms with van der Waals surface area (Å²) in [6.07, 6.45) is -1.04. The fourth-order valence-corrected chi connectivity index (χ4v) is 5.31. The van der Waals surface area contributed by atoms with Gasteiger partial charge in [0, 0.05) is 24.1 Å². The predicted octanol–water partition coefficient (Wildman–Crippen LogP) is 2.01. The van der Waals surface area contributed by atoms with Crippen molar-refractivity contribution < 1.29 is 28.8 Å². The monoisotopic (exact) mass is 522 g/mol. The molecule has 0 unspecified atom stereocenters. The summed E-state index contributed by atoms with van der Waals surface area (Å²) in [6, 6.07) is 3.26. The summed E-state index contributed by atoms with van der Waals surface area (Å²) in [7, 11) is 0. The van der Waals surface area contributed by atoms with E-state index in [0.29, 0.717) is 27.7 Å². The largest absolute Gasteiger partial charge is 0.394 e. The average molecular weight is 523 g/mol. The first-order valence-electron chi connectivity index (χ1n) is 12.0. The van der Waals surface area contributed by atoms with E-state index in [4.69, 9.17) is 9.84 Å². The minimum Gasteiger partial charge on any atom is -0.394 e. The molecule has 194 valence electrons. The van der Waals surface area contributed by atoms with E-state index in [1.807, 2.05) is 0 Å². The molecule has 2 aliphatic carbocycles. The van der Waals surface area contributed by atoms with Crippen molar-refractivity contribution >= 4 is 28.7 Å². The van der Waals surface area contributed by atoms with E-state index in [1.165, 1.54) is 22.5 Å². The molecular weight excluding hydrogens is 494 g/mol. The number of fused-ring (bicyclic) bond motifs is 1. The van der Waals surface area contributed by atoms with Crippen LogP contribution in [0.25, 0.3) is 11.2 Å². The molecular formula is C23H28F2N6O4S. The standard InChI is InChI=1S/C23H28F2N6O4S/c1-2-7-36-23-27-21(26-15-9-12(15)11-3-4-13(24)14(25)8-11)18-22(28-23)31(30-29-18)16-10-17(35-6-5-32)20(34)19(16)33/h3-4,8,12,15-17,19-20,32-34H,2,5-7,9-10H2,1H3,(H,26,27,28)/t12-,15-,16-,17+,19-,20+/m1/s1. The number of thioether (sulfide) groups is 1. The van der Waals surface area contributed by atoms with Gasteiger partial charge in [-0.3, -0.25) is 0 Å². The Morgan fingerprint density at radius 1 is 1.17 bits per heavy atom. The Balaban J connectivity index is 1.43. The van der Waals surface area contributed by atoms with Crippen molar-refractivity contribution in [2.24, 2.45) is 0 Å². The zero-order valence-corrected chi connectivity index (χ0v) is 20.4. The maximum Gasteiger partial charge on any atom is 0.191 e. The van der Waals surface area contributed by atoms with Crippen LogP contribution in [0.5, 0.6) is 0 Å². The molecule has 4 N–H and O–H groups in total. The molecule has 2 heterocycles. The van der Waals surface area contributed by atoms with Gasteiger partial charge < -0.3 is 25.4 Å². The van der Waals surface area contributed by atoms with Crippen molar-refractivity contribution in [3.8, 4) is 0 Å². The number of anilines is 1. The molecule has 2 saturated carbocycles. The van der Waals surface area contributed by atoms with Crippen LogP contribution in [-0.4, -0.2) is 83.6 Å². The first kappa shape index (κ1) is 25.2. The summed E-state index contributed by atoms with van der Waals surface area (Å²) < 4.78 is 34.0. The Labute approximate surface area is 210 Å². The van der Waals surface area contributed by atoms with Crippen LogP contribution in [0.15, 0.2) is 23.4 Å². The Kier molecular flexibility index (Phi) is 7.35. The highest BCUT2D eigenvalue weighted by Gasteiger charge is 2.45. The number of hydrogen-bond donors (Lipinski definition) is 4. The smallest absolute Gasteiger partial charge is 0.191 e. The third-order valence-corrected chi connectivity index (χ3v) is 7.61. The van der Waals surface area contributed by atoms with Crippen molar-refractivity contribution in [2.75, 3.05) is 24.3 Å². The van der Waals surface area contributed by atoms with E-state index in [-0.39, 0.29) is 31.6 Å². The van der Waals surface area contributed by atoms with Crippen LogP contribution in [0.3, 0.4) is 0 Å². The minimum absolute atomic E-state index is 0.00291. The Morgan fingerprint density at radius 2 is 2.00 bits per heavy atom. The van der Waals surface area contributed by atoms with E-state index in [2.05, 4.69) is 32.5 Å². The fraction of sp³-hybridized carbons (Fsp3) is 0.565. The van der Waals surface area contributed by atoms with Gasteiger partial charge in [-0.2, -0.15) is 0 Å². The van der Waals surface area contributed by atoms with Gasteiger partial charge >= 0.3 is 0 Å². The number of benzene rings is 1. The highest BCUT2D eigenvalue weighted by molar-refractivity contribution is 7.99. The predicted molar refractivity (Wildman–Crippen MR) is 128 cm³/mol. The van der Waals surface area contributed by atoms with Gasteiger partial charge in [-0.25, -0.2) is 23.4 Å². The third kappa shape index (κ3) is 4.90. The zero-order chi connectivity index (χ0) is 25.4. The summed E-state index contributed by atoms with van der Waals surface area (Å²) in [6.45, 7) is 1.91. The van der Waals surface area contributed by atoms with E-state index in [0.717, 1.165) is 24.7 Å². The van der Waals surface area contributed by atoms with Gasteiger partial charge in [-0.05, 0) is 30.5 Å². The van der Waals surface area contributed by atoms with Crippen molar-refractivity contribution in [3.05, 3.63) is 35.4 Å². The molecule has 36 heavy (non-hydrogen) atoms. The van der Waals surface area contributed by atoms with E-state index < -0.39 is 36.0 Å². The van der Waals surface area contributed by atoms with Crippen LogP contribution in [0.1, 0.15) is 43.7 Å². The lowest BCUT2D eigenvalue weighted by atomic mass is 10.1.